The lowest BCUT2D eigenvalue weighted by atomic mass is 10.2. The maximum atomic E-state index is 13.0. The van der Waals surface area contributed by atoms with E-state index in [9.17, 15) is 4.79 Å². The highest BCUT2D eigenvalue weighted by Gasteiger charge is 2.27. The summed E-state index contributed by atoms with van der Waals surface area (Å²) in [5.41, 5.74) is 1.74. The van der Waals surface area contributed by atoms with E-state index < -0.39 is 11.7 Å². The maximum absolute atomic E-state index is 13.0. The minimum absolute atomic E-state index is 0.304. The molecule has 26 heavy (non-hydrogen) atoms. The summed E-state index contributed by atoms with van der Waals surface area (Å²) in [5.74, 6) is 0. The number of carbonyl (C=O) groups is 1. The Bertz CT molecular complexity index is 948. The van der Waals surface area contributed by atoms with E-state index in [4.69, 9.17) is 16.3 Å². The van der Waals surface area contributed by atoms with Gasteiger partial charge < -0.3 is 4.74 Å². The molecule has 3 aromatic heterocycles. The van der Waals surface area contributed by atoms with Crippen LogP contribution in [0.1, 0.15) is 31.3 Å². The minimum Gasteiger partial charge on any atom is -0.443 e. The van der Waals surface area contributed by atoms with Crippen LogP contribution in [0.4, 0.5) is 10.5 Å². The number of rotatable bonds is 3. The number of hydrogen-bond acceptors (Lipinski definition) is 4. The number of aryl methyl sites for hydroxylation is 1. The van der Waals surface area contributed by atoms with E-state index in [1.54, 1.807) is 26.8 Å². The van der Waals surface area contributed by atoms with E-state index in [0.29, 0.717) is 17.4 Å². The van der Waals surface area contributed by atoms with Crippen LogP contribution >= 0.6 is 38.9 Å². The molecule has 0 aliphatic carbocycles. The monoisotopic (exact) mass is 455 g/mol. The molecule has 0 radical (unpaired) electrons. The zero-order valence-electron chi connectivity index (χ0n) is 14.9. The largest absolute Gasteiger partial charge is 0.443 e. The summed E-state index contributed by atoms with van der Waals surface area (Å²) < 4.78 is 8.26. The fourth-order valence-corrected chi connectivity index (χ4v) is 3.79. The molecule has 0 spiro atoms. The summed E-state index contributed by atoms with van der Waals surface area (Å²) in [4.78, 5) is 15.6. The Kier molecular flexibility index (Phi) is 5.33. The first-order valence-corrected chi connectivity index (χ1v) is 10.1. The quantitative estimate of drug-likeness (QED) is 0.481. The Morgan fingerprint density at radius 1 is 1.42 bits per heavy atom. The number of halogens is 2. The Hall–Kier alpha value is -1.57. The predicted octanol–water partition coefficient (Wildman–Crippen LogP) is 6.06. The SMILES string of the molecule is Cc1c(Br)cc2c(N(Cc3cccs3)C(=O)OC(C)(C)C)cc(Cl)nn12. The minimum atomic E-state index is -0.601. The van der Waals surface area contributed by atoms with Crippen molar-refractivity contribution in [3.63, 3.8) is 0 Å². The molecule has 0 aliphatic rings. The van der Waals surface area contributed by atoms with E-state index >= 15 is 0 Å². The molecule has 1 amide bonds. The molecular formula is C18H19BrClN3O2S. The van der Waals surface area contributed by atoms with Crippen molar-refractivity contribution in [2.24, 2.45) is 0 Å². The van der Waals surface area contributed by atoms with Gasteiger partial charge in [0, 0.05) is 15.4 Å². The van der Waals surface area contributed by atoms with Gasteiger partial charge in [-0.2, -0.15) is 5.10 Å². The Balaban J connectivity index is 2.13. The second-order valence-corrected chi connectivity index (χ2v) is 9.15. The molecular weight excluding hydrogens is 438 g/mol. The van der Waals surface area contributed by atoms with Gasteiger partial charge in [0.25, 0.3) is 0 Å². The molecule has 0 saturated carbocycles. The van der Waals surface area contributed by atoms with Crippen molar-refractivity contribution in [1.82, 2.24) is 9.61 Å². The highest BCUT2D eigenvalue weighted by molar-refractivity contribution is 9.10. The van der Waals surface area contributed by atoms with Crippen LogP contribution in [-0.2, 0) is 11.3 Å². The van der Waals surface area contributed by atoms with E-state index in [2.05, 4.69) is 21.0 Å². The summed E-state index contributed by atoms with van der Waals surface area (Å²) in [5, 5.41) is 6.63. The van der Waals surface area contributed by atoms with Gasteiger partial charge in [-0.25, -0.2) is 9.31 Å². The van der Waals surface area contributed by atoms with Crippen molar-refractivity contribution in [2.75, 3.05) is 4.90 Å². The third-order valence-corrected chi connectivity index (χ3v) is 5.52. The predicted molar refractivity (Wildman–Crippen MR) is 109 cm³/mol. The summed E-state index contributed by atoms with van der Waals surface area (Å²) in [6.45, 7) is 7.87. The number of ether oxygens (including phenoxy) is 1. The molecule has 0 aliphatic heterocycles. The van der Waals surface area contributed by atoms with E-state index in [1.165, 1.54) is 0 Å². The molecule has 138 valence electrons. The van der Waals surface area contributed by atoms with E-state index in [0.717, 1.165) is 20.6 Å². The van der Waals surface area contributed by atoms with Gasteiger partial charge in [0.15, 0.2) is 5.15 Å². The third-order valence-electron chi connectivity index (χ3n) is 3.67. The first kappa shape index (κ1) is 19.2. The number of hydrogen-bond donors (Lipinski definition) is 0. The molecule has 3 aromatic rings. The lowest BCUT2D eigenvalue weighted by Crippen LogP contribution is -2.36. The van der Waals surface area contributed by atoms with Crippen LogP contribution in [0.15, 0.2) is 34.1 Å². The van der Waals surface area contributed by atoms with E-state index in [1.807, 2.05) is 51.3 Å². The zero-order valence-corrected chi connectivity index (χ0v) is 18.1. The van der Waals surface area contributed by atoms with Gasteiger partial charge in [-0.3, -0.25) is 4.90 Å². The van der Waals surface area contributed by atoms with Gasteiger partial charge >= 0.3 is 6.09 Å². The smallest absolute Gasteiger partial charge is 0.415 e. The van der Waals surface area contributed by atoms with Crippen LogP contribution in [0, 0.1) is 6.92 Å². The topological polar surface area (TPSA) is 46.8 Å². The summed E-state index contributed by atoms with van der Waals surface area (Å²) in [7, 11) is 0. The van der Waals surface area contributed by atoms with Crippen molar-refractivity contribution in [2.45, 2.75) is 39.8 Å². The van der Waals surface area contributed by atoms with Gasteiger partial charge in [-0.15, -0.1) is 11.3 Å². The average Bonchev–Trinajstić information content (AvgIpc) is 3.13. The number of carbonyl (C=O) groups excluding carboxylic acids is 1. The maximum Gasteiger partial charge on any atom is 0.415 e. The normalized spacial score (nSPS) is 11.8. The van der Waals surface area contributed by atoms with Crippen LogP contribution in [-0.4, -0.2) is 21.3 Å². The fourth-order valence-electron chi connectivity index (χ4n) is 2.53. The lowest BCUT2D eigenvalue weighted by molar-refractivity contribution is 0.0578. The average molecular weight is 457 g/mol. The molecule has 8 heteroatoms. The number of amides is 1. The highest BCUT2D eigenvalue weighted by Crippen LogP contribution is 2.32. The van der Waals surface area contributed by atoms with E-state index in [-0.39, 0.29) is 0 Å². The number of fused-ring (bicyclic) bond motifs is 1. The Labute approximate surface area is 169 Å². The zero-order chi connectivity index (χ0) is 19.1. The molecule has 0 atom stereocenters. The van der Waals surface area contributed by atoms with Gasteiger partial charge in [0.1, 0.15) is 5.60 Å². The van der Waals surface area contributed by atoms with Crippen molar-refractivity contribution in [3.05, 3.63) is 49.8 Å². The molecule has 5 nitrogen and oxygen atoms in total. The summed E-state index contributed by atoms with van der Waals surface area (Å²) in [6, 6.07) is 7.57. The van der Waals surface area contributed by atoms with Crippen LogP contribution in [0.3, 0.4) is 0 Å². The number of nitrogens with zero attached hydrogens (tertiary/aromatic N) is 3. The fraction of sp³-hybridized carbons (Fsp3) is 0.333. The van der Waals surface area contributed by atoms with Gasteiger partial charge in [0.2, 0.25) is 0 Å². The molecule has 0 N–H and O–H groups in total. The van der Waals surface area contributed by atoms with Gasteiger partial charge in [0.05, 0.1) is 23.4 Å². The van der Waals surface area contributed by atoms with Crippen molar-refractivity contribution in [1.29, 1.82) is 0 Å². The Morgan fingerprint density at radius 2 is 2.15 bits per heavy atom. The molecule has 0 saturated heterocycles. The molecule has 3 rings (SSSR count). The van der Waals surface area contributed by atoms with Crippen LogP contribution < -0.4 is 4.90 Å². The second-order valence-electron chi connectivity index (χ2n) is 6.87. The Morgan fingerprint density at radius 3 is 2.77 bits per heavy atom. The number of aromatic nitrogens is 2. The van der Waals surface area contributed by atoms with Crippen LogP contribution in [0.2, 0.25) is 5.15 Å². The highest BCUT2D eigenvalue weighted by atomic mass is 79.9. The van der Waals surface area contributed by atoms with Crippen molar-refractivity contribution in [3.8, 4) is 0 Å². The molecule has 0 fully saturated rings. The van der Waals surface area contributed by atoms with Crippen molar-refractivity contribution < 1.29 is 9.53 Å². The van der Waals surface area contributed by atoms with Crippen LogP contribution in [0.5, 0.6) is 0 Å². The molecule has 3 heterocycles. The van der Waals surface area contributed by atoms with Gasteiger partial charge in [-0.1, -0.05) is 17.7 Å². The molecule has 0 unspecified atom stereocenters. The third kappa shape index (κ3) is 4.05. The van der Waals surface area contributed by atoms with Gasteiger partial charge in [-0.05, 0) is 61.1 Å². The first-order valence-electron chi connectivity index (χ1n) is 8.03. The number of thiophene rings is 1. The second kappa shape index (κ2) is 7.21. The number of anilines is 1. The lowest BCUT2D eigenvalue weighted by Gasteiger charge is -2.27. The molecule has 0 aromatic carbocycles. The summed E-state index contributed by atoms with van der Waals surface area (Å²) >= 11 is 11.4. The van der Waals surface area contributed by atoms with Crippen LogP contribution in [0.25, 0.3) is 5.52 Å². The summed E-state index contributed by atoms with van der Waals surface area (Å²) in [6.07, 6.45) is -0.426. The standard InChI is InChI=1S/C18H19BrClN3O2S/c1-11-13(19)8-15-14(9-16(20)21-23(11)15)22(10-12-6-5-7-26-12)17(24)25-18(2,3)4/h5-9H,10H2,1-4H3. The first-order chi connectivity index (χ1) is 12.2. The van der Waals surface area contributed by atoms with Crippen molar-refractivity contribution >= 4 is 56.2 Å². The molecule has 0 bridgehead atoms.